The maximum absolute atomic E-state index is 12.5. The highest BCUT2D eigenvalue weighted by molar-refractivity contribution is 6.03. The van der Waals surface area contributed by atoms with Crippen LogP contribution in [0.25, 0.3) is 5.65 Å². The van der Waals surface area contributed by atoms with Crippen molar-refractivity contribution in [2.75, 3.05) is 30.8 Å². The topological polar surface area (TPSA) is 112 Å². The van der Waals surface area contributed by atoms with Gasteiger partial charge in [0, 0.05) is 25.7 Å². The third-order valence-electron chi connectivity index (χ3n) is 4.65. The number of nitrogens with one attached hydrogen (secondary N) is 2. The zero-order valence-corrected chi connectivity index (χ0v) is 17.5. The van der Waals surface area contributed by atoms with Crippen LogP contribution in [0.3, 0.4) is 0 Å². The normalized spacial score (nSPS) is 11.3. The number of amides is 2. The summed E-state index contributed by atoms with van der Waals surface area (Å²) in [5, 5.41) is 19.1. The number of hydrogen-bond donors (Lipinski definition) is 3. The van der Waals surface area contributed by atoms with E-state index in [1.807, 2.05) is 12.1 Å². The predicted octanol–water partition coefficient (Wildman–Crippen LogP) is 3.30. The van der Waals surface area contributed by atoms with Crippen LogP contribution < -0.4 is 10.6 Å². The number of carbonyl (C=O) groups excluding carboxylic acids is 1. The Morgan fingerprint density at radius 1 is 1.10 bits per heavy atom. The van der Waals surface area contributed by atoms with Crippen LogP contribution in [0.4, 0.5) is 16.4 Å². The lowest BCUT2D eigenvalue weighted by molar-refractivity contribution is 0.102. The van der Waals surface area contributed by atoms with Crippen molar-refractivity contribution in [1.29, 1.82) is 0 Å². The molecule has 0 aliphatic heterocycles. The first-order valence-corrected chi connectivity index (χ1v) is 9.60. The van der Waals surface area contributed by atoms with E-state index < -0.39 is 6.09 Å². The van der Waals surface area contributed by atoms with E-state index in [1.54, 1.807) is 35.0 Å². The van der Waals surface area contributed by atoms with Crippen molar-refractivity contribution in [2.24, 2.45) is 0 Å². The van der Waals surface area contributed by atoms with Crippen molar-refractivity contribution < 1.29 is 14.7 Å². The van der Waals surface area contributed by atoms with E-state index in [0.29, 0.717) is 35.9 Å². The summed E-state index contributed by atoms with van der Waals surface area (Å²) in [6.07, 6.45) is 0.647. The highest BCUT2D eigenvalue weighted by Crippen LogP contribution is 2.22. The predicted molar refractivity (Wildman–Crippen MR) is 115 cm³/mol. The summed E-state index contributed by atoms with van der Waals surface area (Å²) in [5.41, 5.74) is 2.32. The van der Waals surface area contributed by atoms with Gasteiger partial charge in [0.05, 0.1) is 6.20 Å². The maximum atomic E-state index is 12.5. The zero-order chi connectivity index (χ0) is 21.9. The van der Waals surface area contributed by atoms with Gasteiger partial charge in [0.2, 0.25) is 0 Å². The number of carbonyl (C=O) groups is 2. The lowest BCUT2D eigenvalue weighted by Crippen LogP contribution is -2.30. The molecule has 2 amide bonds. The van der Waals surface area contributed by atoms with Crippen molar-refractivity contribution in [1.82, 2.24) is 19.5 Å². The van der Waals surface area contributed by atoms with E-state index >= 15 is 0 Å². The molecule has 3 rings (SSSR count). The fourth-order valence-electron chi connectivity index (χ4n) is 2.79. The number of hydrogen-bond acceptors (Lipinski definition) is 5. The second-order valence-electron chi connectivity index (χ2n) is 8.06. The van der Waals surface area contributed by atoms with E-state index in [9.17, 15) is 9.59 Å². The Balaban J connectivity index is 1.65. The quantitative estimate of drug-likeness (QED) is 0.575. The summed E-state index contributed by atoms with van der Waals surface area (Å²) >= 11 is 0. The Morgan fingerprint density at radius 3 is 2.43 bits per heavy atom. The van der Waals surface area contributed by atoms with Gasteiger partial charge in [-0.15, -0.1) is 5.10 Å². The van der Waals surface area contributed by atoms with E-state index in [2.05, 4.69) is 41.5 Å². The molecule has 0 aliphatic carbocycles. The number of carboxylic acid groups (broad SMARTS) is 1. The minimum atomic E-state index is -0.983. The third-order valence-corrected chi connectivity index (χ3v) is 4.65. The molecule has 1 aromatic carbocycles. The Morgan fingerprint density at radius 2 is 1.80 bits per heavy atom. The minimum absolute atomic E-state index is 0.0249. The molecule has 30 heavy (non-hydrogen) atoms. The van der Waals surface area contributed by atoms with Gasteiger partial charge in [0.25, 0.3) is 5.91 Å². The molecular formula is C21H26N6O3. The van der Waals surface area contributed by atoms with Crippen LogP contribution in [-0.4, -0.2) is 56.7 Å². The zero-order valence-electron chi connectivity index (χ0n) is 17.5. The fourth-order valence-corrected chi connectivity index (χ4v) is 2.79. The fraction of sp³-hybridized carbons (Fsp3) is 0.333. The van der Waals surface area contributed by atoms with Gasteiger partial charge in [-0.2, -0.15) is 0 Å². The van der Waals surface area contributed by atoms with Crippen LogP contribution in [-0.2, 0) is 5.41 Å². The molecule has 2 heterocycles. The lowest BCUT2D eigenvalue weighted by atomic mass is 9.87. The highest BCUT2D eigenvalue weighted by atomic mass is 16.4. The maximum Gasteiger partial charge on any atom is 0.407 e. The summed E-state index contributed by atoms with van der Waals surface area (Å²) in [6, 6.07) is 11.0. The lowest BCUT2D eigenvalue weighted by Gasteiger charge is -2.18. The van der Waals surface area contributed by atoms with Crippen LogP contribution in [0.1, 0.15) is 36.7 Å². The first kappa shape index (κ1) is 21.1. The molecule has 0 unspecified atom stereocenters. The van der Waals surface area contributed by atoms with Gasteiger partial charge < -0.3 is 20.6 Å². The molecule has 3 aromatic rings. The van der Waals surface area contributed by atoms with Crippen molar-refractivity contribution in [3.8, 4) is 0 Å². The van der Waals surface area contributed by atoms with Crippen LogP contribution in [0.15, 0.2) is 42.6 Å². The molecule has 3 N–H and O–H groups in total. The molecule has 0 bridgehead atoms. The van der Waals surface area contributed by atoms with Gasteiger partial charge in [-0.05, 0) is 35.2 Å². The third kappa shape index (κ3) is 5.05. The molecule has 9 heteroatoms. The summed E-state index contributed by atoms with van der Waals surface area (Å²) in [6.45, 7) is 7.12. The minimum Gasteiger partial charge on any atom is -0.465 e. The van der Waals surface area contributed by atoms with Crippen molar-refractivity contribution in [3.63, 3.8) is 0 Å². The second kappa shape index (κ2) is 8.40. The van der Waals surface area contributed by atoms with E-state index in [1.165, 1.54) is 11.9 Å². The van der Waals surface area contributed by atoms with Crippen LogP contribution >= 0.6 is 0 Å². The van der Waals surface area contributed by atoms with Crippen LogP contribution in [0.2, 0.25) is 0 Å². The van der Waals surface area contributed by atoms with Crippen LogP contribution in [0.5, 0.6) is 0 Å². The monoisotopic (exact) mass is 410 g/mol. The van der Waals surface area contributed by atoms with E-state index in [-0.39, 0.29) is 11.3 Å². The van der Waals surface area contributed by atoms with Crippen molar-refractivity contribution in [2.45, 2.75) is 26.2 Å². The molecule has 0 radical (unpaired) electrons. The first-order valence-electron chi connectivity index (χ1n) is 9.60. The standard InChI is InChI=1S/C21H26N6O3/c1-21(2,3)15-7-5-14(6-8-15)19(28)24-17-13-27-18(23-17)10-9-16(25-27)22-11-12-26(4)20(29)30/h5-10,13H,11-12H2,1-4H3,(H,22,25)(H,24,28)(H,29,30). The van der Waals surface area contributed by atoms with Gasteiger partial charge in [-0.25, -0.2) is 14.3 Å². The Kier molecular flexibility index (Phi) is 5.91. The highest BCUT2D eigenvalue weighted by Gasteiger charge is 2.15. The largest absolute Gasteiger partial charge is 0.465 e. The molecule has 0 aliphatic rings. The van der Waals surface area contributed by atoms with Gasteiger partial charge >= 0.3 is 6.09 Å². The molecule has 0 spiro atoms. The number of likely N-dealkylation sites (N-methyl/N-ethyl adjacent to an activating group) is 1. The van der Waals surface area contributed by atoms with Crippen molar-refractivity contribution >= 4 is 29.3 Å². The molecule has 0 fully saturated rings. The number of anilines is 2. The number of nitrogens with zero attached hydrogens (tertiary/aromatic N) is 4. The Hall–Kier alpha value is -3.62. The molecule has 0 saturated carbocycles. The average molecular weight is 410 g/mol. The van der Waals surface area contributed by atoms with E-state index in [4.69, 9.17) is 5.11 Å². The molecule has 9 nitrogen and oxygen atoms in total. The summed E-state index contributed by atoms with van der Waals surface area (Å²) in [7, 11) is 1.50. The van der Waals surface area contributed by atoms with Gasteiger partial charge in [0.1, 0.15) is 5.82 Å². The van der Waals surface area contributed by atoms with E-state index in [0.717, 1.165) is 5.56 Å². The molecular weight excluding hydrogens is 384 g/mol. The SMILES string of the molecule is CN(CCNc1ccc2nc(NC(=O)c3ccc(C(C)(C)C)cc3)cn2n1)C(=O)O. The summed E-state index contributed by atoms with van der Waals surface area (Å²) in [5.74, 6) is 0.735. The van der Waals surface area contributed by atoms with Crippen molar-refractivity contribution in [3.05, 3.63) is 53.7 Å². The van der Waals surface area contributed by atoms with Gasteiger partial charge in [-0.3, -0.25) is 4.79 Å². The number of benzene rings is 1. The van der Waals surface area contributed by atoms with Gasteiger partial charge in [0.15, 0.2) is 11.5 Å². The molecule has 2 aromatic heterocycles. The van der Waals surface area contributed by atoms with Gasteiger partial charge in [-0.1, -0.05) is 32.9 Å². The smallest absolute Gasteiger partial charge is 0.407 e. The first-order chi connectivity index (χ1) is 14.1. The molecule has 158 valence electrons. The summed E-state index contributed by atoms with van der Waals surface area (Å²) in [4.78, 5) is 28.9. The Labute approximate surface area is 174 Å². The number of aromatic nitrogens is 3. The molecule has 0 atom stereocenters. The summed E-state index contributed by atoms with van der Waals surface area (Å²) < 4.78 is 1.56. The Bertz CT molecular complexity index is 1050. The van der Waals surface area contributed by atoms with Crippen LogP contribution in [0, 0.1) is 0 Å². The number of rotatable bonds is 6. The number of imidazole rings is 1. The second-order valence-corrected chi connectivity index (χ2v) is 8.06. The molecule has 0 saturated heterocycles. The number of fused-ring (bicyclic) bond motifs is 1. The average Bonchev–Trinajstić information content (AvgIpc) is 3.08.